The fraction of sp³-hybridized carbons (Fsp3) is 0.400. The first-order chi connectivity index (χ1) is 8.95. The largest absolute Gasteiger partial charge is 0.497 e. The summed E-state index contributed by atoms with van der Waals surface area (Å²) in [5.41, 5.74) is 2.43. The van der Waals surface area contributed by atoms with Gasteiger partial charge in [-0.25, -0.2) is 0 Å². The summed E-state index contributed by atoms with van der Waals surface area (Å²) in [5, 5.41) is 13.7. The smallest absolute Gasteiger partial charge is 0.119 e. The third-order valence-electron chi connectivity index (χ3n) is 3.01. The lowest BCUT2D eigenvalue weighted by Crippen LogP contribution is -2.35. The summed E-state index contributed by atoms with van der Waals surface area (Å²) < 4.78 is 5.26. The van der Waals surface area contributed by atoms with Gasteiger partial charge in [0.25, 0.3) is 0 Å². The van der Waals surface area contributed by atoms with Gasteiger partial charge < -0.3 is 15.2 Å². The van der Waals surface area contributed by atoms with Crippen LogP contribution < -0.4 is 10.1 Å². The summed E-state index contributed by atoms with van der Waals surface area (Å²) in [6, 6.07) is 7.78. The fourth-order valence-electron chi connectivity index (χ4n) is 1.97. The number of fused-ring (bicyclic) bond motifs is 1. The summed E-state index contributed by atoms with van der Waals surface area (Å²) in [7, 11) is 1.65. The Morgan fingerprint density at radius 2 is 2.05 bits per heavy atom. The normalized spacial score (nSPS) is 11.6. The highest BCUT2D eigenvalue weighted by atomic mass is 16.5. The molecule has 2 rings (SSSR count). The van der Waals surface area contributed by atoms with E-state index in [4.69, 9.17) is 4.74 Å². The van der Waals surface area contributed by atoms with Gasteiger partial charge in [-0.05, 0) is 45.0 Å². The zero-order chi connectivity index (χ0) is 14.0. The fourth-order valence-corrected chi connectivity index (χ4v) is 1.97. The number of aliphatic hydroxyl groups excluding tert-OH is 1. The molecule has 0 saturated heterocycles. The molecule has 0 radical (unpaired) electrons. The molecule has 0 bridgehead atoms. The molecule has 0 unspecified atom stereocenters. The summed E-state index contributed by atoms with van der Waals surface area (Å²) >= 11 is 0. The van der Waals surface area contributed by atoms with Crippen LogP contribution in [0.15, 0.2) is 24.3 Å². The monoisotopic (exact) mass is 260 g/mol. The average molecular weight is 260 g/mol. The standard InChI is InChI=1S/C15H20N2O2/c1-10-7-14(17-15(2,3)9-18)12-8-11(19-4)5-6-13(12)16-10/h5-8,18H,9H2,1-4H3,(H,16,17). The number of methoxy groups -OCH3 is 1. The predicted molar refractivity (Wildman–Crippen MR) is 77.8 cm³/mol. The molecule has 4 nitrogen and oxygen atoms in total. The second-order valence-corrected chi connectivity index (χ2v) is 5.36. The van der Waals surface area contributed by atoms with Crippen LogP contribution in [0.25, 0.3) is 10.9 Å². The average Bonchev–Trinajstić information content (AvgIpc) is 2.38. The maximum absolute atomic E-state index is 9.39. The Balaban J connectivity index is 2.57. The molecule has 19 heavy (non-hydrogen) atoms. The van der Waals surface area contributed by atoms with Crippen molar-refractivity contribution >= 4 is 16.6 Å². The van der Waals surface area contributed by atoms with Crippen molar-refractivity contribution in [3.05, 3.63) is 30.0 Å². The van der Waals surface area contributed by atoms with E-state index in [1.54, 1.807) is 7.11 Å². The Kier molecular flexibility index (Phi) is 3.62. The Bertz CT molecular complexity index is 594. The molecule has 1 aromatic heterocycles. The number of anilines is 1. The van der Waals surface area contributed by atoms with E-state index in [1.165, 1.54) is 0 Å². The zero-order valence-electron chi connectivity index (χ0n) is 11.8. The molecule has 1 aromatic carbocycles. The number of benzene rings is 1. The van der Waals surface area contributed by atoms with Crippen molar-refractivity contribution in [1.29, 1.82) is 0 Å². The van der Waals surface area contributed by atoms with Gasteiger partial charge in [0.05, 0.1) is 24.8 Å². The van der Waals surface area contributed by atoms with Crippen LogP contribution >= 0.6 is 0 Å². The number of aliphatic hydroxyl groups is 1. The highest BCUT2D eigenvalue weighted by Gasteiger charge is 2.17. The van der Waals surface area contributed by atoms with E-state index >= 15 is 0 Å². The third-order valence-corrected chi connectivity index (χ3v) is 3.01. The second-order valence-electron chi connectivity index (χ2n) is 5.36. The number of ether oxygens (including phenoxy) is 1. The highest BCUT2D eigenvalue weighted by molar-refractivity contribution is 5.92. The maximum atomic E-state index is 9.39. The minimum Gasteiger partial charge on any atom is -0.497 e. The summed E-state index contributed by atoms with van der Waals surface area (Å²) in [4.78, 5) is 4.51. The van der Waals surface area contributed by atoms with Crippen molar-refractivity contribution in [2.75, 3.05) is 19.0 Å². The first-order valence-corrected chi connectivity index (χ1v) is 6.29. The van der Waals surface area contributed by atoms with Crippen molar-refractivity contribution in [3.63, 3.8) is 0 Å². The third kappa shape index (κ3) is 2.96. The Hall–Kier alpha value is -1.81. The van der Waals surface area contributed by atoms with E-state index in [0.717, 1.165) is 28.0 Å². The molecule has 2 aromatic rings. The minimum atomic E-state index is -0.385. The van der Waals surface area contributed by atoms with Crippen molar-refractivity contribution in [1.82, 2.24) is 4.98 Å². The molecule has 0 aliphatic heterocycles. The van der Waals surface area contributed by atoms with E-state index in [-0.39, 0.29) is 12.1 Å². The molecule has 0 aliphatic rings. The van der Waals surface area contributed by atoms with E-state index in [0.29, 0.717) is 0 Å². The summed E-state index contributed by atoms with van der Waals surface area (Å²) in [6.45, 7) is 5.92. The molecule has 102 valence electrons. The zero-order valence-corrected chi connectivity index (χ0v) is 11.8. The Morgan fingerprint density at radius 3 is 2.68 bits per heavy atom. The van der Waals surface area contributed by atoms with Gasteiger partial charge in [0.2, 0.25) is 0 Å². The Labute approximate surface area is 113 Å². The first kappa shape index (κ1) is 13.6. The van der Waals surface area contributed by atoms with Gasteiger partial charge in [0.1, 0.15) is 5.75 Å². The van der Waals surface area contributed by atoms with Crippen LogP contribution in [-0.4, -0.2) is 29.3 Å². The SMILES string of the molecule is COc1ccc2nc(C)cc(NC(C)(C)CO)c2c1. The van der Waals surface area contributed by atoms with Gasteiger partial charge in [-0.1, -0.05) is 0 Å². The van der Waals surface area contributed by atoms with Crippen molar-refractivity contribution in [2.24, 2.45) is 0 Å². The predicted octanol–water partition coefficient (Wildman–Crippen LogP) is 2.73. The van der Waals surface area contributed by atoms with Crippen LogP contribution in [0, 0.1) is 6.92 Å². The molecule has 0 spiro atoms. The molecule has 0 amide bonds. The quantitative estimate of drug-likeness (QED) is 0.887. The van der Waals surface area contributed by atoms with Crippen LogP contribution in [0.5, 0.6) is 5.75 Å². The highest BCUT2D eigenvalue weighted by Crippen LogP contribution is 2.29. The molecule has 1 heterocycles. The van der Waals surface area contributed by atoms with Gasteiger partial charge in [-0.15, -0.1) is 0 Å². The molecule has 4 heteroatoms. The lowest BCUT2D eigenvalue weighted by atomic mass is 10.0. The van der Waals surface area contributed by atoms with E-state index in [2.05, 4.69) is 10.3 Å². The first-order valence-electron chi connectivity index (χ1n) is 6.29. The molecular weight excluding hydrogens is 240 g/mol. The van der Waals surface area contributed by atoms with Gasteiger partial charge >= 0.3 is 0 Å². The number of hydrogen-bond acceptors (Lipinski definition) is 4. The molecule has 0 saturated carbocycles. The molecule has 0 aliphatic carbocycles. The van der Waals surface area contributed by atoms with E-state index < -0.39 is 0 Å². The van der Waals surface area contributed by atoms with Crippen LogP contribution in [0.4, 0.5) is 5.69 Å². The van der Waals surface area contributed by atoms with Crippen molar-refractivity contribution < 1.29 is 9.84 Å². The molecule has 0 fully saturated rings. The van der Waals surface area contributed by atoms with E-state index in [1.807, 2.05) is 45.0 Å². The lowest BCUT2D eigenvalue weighted by Gasteiger charge is -2.26. The number of rotatable bonds is 4. The summed E-state index contributed by atoms with van der Waals surface area (Å²) in [6.07, 6.45) is 0. The topological polar surface area (TPSA) is 54.4 Å². The lowest BCUT2D eigenvalue weighted by molar-refractivity contribution is 0.234. The minimum absolute atomic E-state index is 0.0554. The van der Waals surface area contributed by atoms with Gasteiger partial charge in [0, 0.05) is 16.8 Å². The molecule has 2 N–H and O–H groups in total. The van der Waals surface area contributed by atoms with Gasteiger partial charge in [-0.3, -0.25) is 4.98 Å². The number of aryl methyl sites for hydroxylation is 1. The van der Waals surface area contributed by atoms with Crippen molar-refractivity contribution in [3.8, 4) is 5.75 Å². The number of hydrogen-bond donors (Lipinski definition) is 2. The maximum Gasteiger partial charge on any atom is 0.119 e. The van der Waals surface area contributed by atoms with Crippen molar-refractivity contribution in [2.45, 2.75) is 26.3 Å². The Morgan fingerprint density at radius 1 is 1.32 bits per heavy atom. The number of nitrogens with one attached hydrogen (secondary N) is 1. The number of nitrogens with zero attached hydrogens (tertiary/aromatic N) is 1. The van der Waals surface area contributed by atoms with E-state index in [9.17, 15) is 5.11 Å². The van der Waals surface area contributed by atoms with Crippen LogP contribution in [0.2, 0.25) is 0 Å². The second kappa shape index (κ2) is 5.05. The molecular formula is C15H20N2O2. The summed E-state index contributed by atoms with van der Waals surface area (Å²) in [5.74, 6) is 0.794. The van der Waals surface area contributed by atoms with Gasteiger partial charge in [-0.2, -0.15) is 0 Å². The van der Waals surface area contributed by atoms with Crippen LogP contribution in [-0.2, 0) is 0 Å². The van der Waals surface area contributed by atoms with Crippen LogP contribution in [0.3, 0.4) is 0 Å². The number of pyridine rings is 1. The number of aromatic nitrogens is 1. The molecule has 0 atom stereocenters. The van der Waals surface area contributed by atoms with Gasteiger partial charge in [0.15, 0.2) is 0 Å². The van der Waals surface area contributed by atoms with Crippen LogP contribution in [0.1, 0.15) is 19.5 Å².